The molecular weight excluding hydrogens is 215 g/mol. The maximum atomic E-state index is 12.8. The minimum Gasteiger partial charge on any atom is -0.373 e. The molecule has 1 aromatic rings. The number of hydrogen-bond acceptors (Lipinski definition) is 2. The molecule has 0 amide bonds. The molecule has 1 aliphatic rings. The van der Waals surface area contributed by atoms with E-state index in [4.69, 9.17) is 0 Å². The summed E-state index contributed by atoms with van der Waals surface area (Å²) in [6.45, 7) is 4.41. The predicted octanol–water partition coefficient (Wildman–Crippen LogP) is 2.65. The van der Waals surface area contributed by atoms with E-state index < -0.39 is 0 Å². The van der Waals surface area contributed by atoms with Crippen LogP contribution in [-0.2, 0) is 0 Å². The summed E-state index contributed by atoms with van der Waals surface area (Å²) < 4.78 is 12.8. The van der Waals surface area contributed by atoms with Crippen LogP contribution in [0.2, 0.25) is 0 Å². The number of benzene rings is 1. The molecular formula is C14H21FN2. The molecule has 2 unspecified atom stereocenters. The second-order valence-electron chi connectivity index (χ2n) is 5.14. The lowest BCUT2D eigenvalue weighted by molar-refractivity contribution is 0.322. The Morgan fingerprint density at radius 1 is 1.35 bits per heavy atom. The number of nitrogens with one attached hydrogen (secondary N) is 1. The Morgan fingerprint density at radius 3 is 2.71 bits per heavy atom. The highest BCUT2D eigenvalue weighted by atomic mass is 19.1. The van der Waals surface area contributed by atoms with E-state index >= 15 is 0 Å². The Labute approximate surface area is 103 Å². The molecule has 0 saturated carbocycles. The van der Waals surface area contributed by atoms with Gasteiger partial charge in [0, 0.05) is 25.3 Å². The first-order valence-corrected chi connectivity index (χ1v) is 6.35. The van der Waals surface area contributed by atoms with Crippen molar-refractivity contribution in [1.82, 2.24) is 5.32 Å². The summed E-state index contributed by atoms with van der Waals surface area (Å²) in [7, 11) is 2.06. The van der Waals surface area contributed by atoms with E-state index in [0.717, 1.165) is 24.7 Å². The van der Waals surface area contributed by atoms with Crippen LogP contribution in [0.15, 0.2) is 24.3 Å². The van der Waals surface area contributed by atoms with E-state index in [-0.39, 0.29) is 5.82 Å². The summed E-state index contributed by atoms with van der Waals surface area (Å²) in [5, 5.41) is 3.55. The average Bonchev–Trinajstić information content (AvgIpc) is 2.29. The summed E-state index contributed by atoms with van der Waals surface area (Å²) in [5.41, 5.74) is 1.08. The molecule has 0 radical (unpaired) electrons. The van der Waals surface area contributed by atoms with E-state index in [1.54, 1.807) is 0 Å². The number of likely N-dealkylation sites (N-methyl/N-ethyl adjacent to an activating group) is 1. The quantitative estimate of drug-likeness (QED) is 0.868. The van der Waals surface area contributed by atoms with E-state index in [1.807, 2.05) is 12.1 Å². The third-order valence-corrected chi connectivity index (χ3v) is 3.52. The van der Waals surface area contributed by atoms with Crippen LogP contribution in [0.25, 0.3) is 0 Å². The molecule has 1 N–H and O–H groups in total. The fourth-order valence-corrected chi connectivity index (χ4v) is 2.49. The molecule has 1 aromatic carbocycles. The number of rotatable bonds is 3. The molecule has 1 saturated heterocycles. The lowest BCUT2D eigenvalue weighted by Gasteiger charge is -2.32. The van der Waals surface area contributed by atoms with Crippen molar-refractivity contribution in [2.24, 2.45) is 5.92 Å². The summed E-state index contributed by atoms with van der Waals surface area (Å²) in [6.07, 6.45) is 2.50. The standard InChI is InChI=1S/C14H21FN2/c1-11-7-8-16-13(9-11)10-17(2)14-5-3-12(15)4-6-14/h3-6,11,13,16H,7-10H2,1-2H3. The molecule has 0 bridgehead atoms. The van der Waals surface area contributed by atoms with E-state index in [0.29, 0.717) is 6.04 Å². The first-order chi connectivity index (χ1) is 8.15. The molecule has 1 aliphatic heterocycles. The lowest BCUT2D eigenvalue weighted by Crippen LogP contribution is -2.44. The van der Waals surface area contributed by atoms with Crippen molar-refractivity contribution in [3.05, 3.63) is 30.1 Å². The van der Waals surface area contributed by atoms with Crippen molar-refractivity contribution in [1.29, 1.82) is 0 Å². The van der Waals surface area contributed by atoms with Crippen LogP contribution in [0.4, 0.5) is 10.1 Å². The van der Waals surface area contributed by atoms with Crippen molar-refractivity contribution in [3.8, 4) is 0 Å². The van der Waals surface area contributed by atoms with Crippen LogP contribution in [0.1, 0.15) is 19.8 Å². The highest BCUT2D eigenvalue weighted by Crippen LogP contribution is 2.18. The van der Waals surface area contributed by atoms with Crippen molar-refractivity contribution in [2.75, 3.05) is 25.0 Å². The topological polar surface area (TPSA) is 15.3 Å². The van der Waals surface area contributed by atoms with E-state index in [9.17, 15) is 4.39 Å². The second-order valence-corrected chi connectivity index (χ2v) is 5.14. The van der Waals surface area contributed by atoms with Gasteiger partial charge in [-0.15, -0.1) is 0 Å². The molecule has 0 aliphatic carbocycles. The number of hydrogen-bond donors (Lipinski definition) is 1. The molecule has 2 rings (SSSR count). The van der Waals surface area contributed by atoms with Crippen LogP contribution in [0.3, 0.4) is 0 Å². The molecule has 1 heterocycles. The van der Waals surface area contributed by atoms with Gasteiger partial charge < -0.3 is 10.2 Å². The van der Waals surface area contributed by atoms with Gasteiger partial charge in [0.1, 0.15) is 5.82 Å². The summed E-state index contributed by atoms with van der Waals surface area (Å²) in [5.74, 6) is 0.634. The Bertz CT molecular complexity index is 350. The normalized spacial score (nSPS) is 24.6. The van der Waals surface area contributed by atoms with Crippen molar-refractivity contribution in [3.63, 3.8) is 0 Å². The SMILES string of the molecule is CC1CCNC(CN(C)c2ccc(F)cc2)C1. The first-order valence-electron chi connectivity index (χ1n) is 6.35. The summed E-state index contributed by atoms with van der Waals surface area (Å²) >= 11 is 0. The lowest BCUT2D eigenvalue weighted by atomic mass is 9.94. The van der Waals surface area contributed by atoms with Crippen LogP contribution >= 0.6 is 0 Å². The molecule has 0 spiro atoms. The van der Waals surface area contributed by atoms with Crippen molar-refractivity contribution >= 4 is 5.69 Å². The zero-order valence-corrected chi connectivity index (χ0v) is 10.6. The zero-order valence-electron chi connectivity index (χ0n) is 10.6. The van der Waals surface area contributed by atoms with Gasteiger partial charge >= 0.3 is 0 Å². The minimum absolute atomic E-state index is 0.174. The van der Waals surface area contributed by atoms with Gasteiger partial charge in [0.25, 0.3) is 0 Å². The predicted molar refractivity (Wildman–Crippen MR) is 69.9 cm³/mol. The van der Waals surface area contributed by atoms with Crippen LogP contribution in [-0.4, -0.2) is 26.2 Å². The number of anilines is 1. The average molecular weight is 236 g/mol. The van der Waals surface area contributed by atoms with Crippen LogP contribution in [0, 0.1) is 11.7 Å². The molecule has 2 atom stereocenters. The van der Waals surface area contributed by atoms with Gasteiger partial charge in [-0.3, -0.25) is 0 Å². The van der Waals surface area contributed by atoms with Gasteiger partial charge in [-0.25, -0.2) is 4.39 Å². The summed E-state index contributed by atoms with van der Waals surface area (Å²) in [4.78, 5) is 2.19. The highest BCUT2D eigenvalue weighted by Gasteiger charge is 2.19. The van der Waals surface area contributed by atoms with E-state index in [1.165, 1.54) is 25.0 Å². The van der Waals surface area contributed by atoms with Crippen molar-refractivity contribution in [2.45, 2.75) is 25.8 Å². The van der Waals surface area contributed by atoms with Crippen LogP contribution < -0.4 is 10.2 Å². The van der Waals surface area contributed by atoms with Gasteiger partial charge in [-0.2, -0.15) is 0 Å². The molecule has 94 valence electrons. The molecule has 17 heavy (non-hydrogen) atoms. The first kappa shape index (κ1) is 12.4. The largest absolute Gasteiger partial charge is 0.373 e. The minimum atomic E-state index is -0.174. The Hall–Kier alpha value is -1.09. The zero-order chi connectivity index (χ0) is 12.3. The Balaban J connectivity index is 1.91. The van der Waals surface area contributed by atoms with Gasteiger partial charge in [0.05, 0.1) is 0 Å². The second kappa shape index (κ2) is 5.50. The fourth-order valence-electron chi connectivity index (χ4n) is 2.49. The number of piperidine rings is 1. The maximum Gasteiger partial charge on any atom is 0.123 e. The van der Waals surface area contributed by atoms with Gasteiger partial charge in [-0.1, -0.05) is 6.92 Å². The third kappa shape index (κ3) is 3.43. The smallest absolute Gasteiger partial charge is 0.123 e. The van der Waals surface area contributed by atoms with Crippen molar-refractivity contribution < 1.29 is 4.39 Å². The maximum absolute atomic E-state index is 12.8. The third-order valence-electron chi connectivity index (χ3n) is 3.52. The van der Waals surface area contributed by atoms with Crippen LogP contribution in [0.5, 0.6) is 0 Å². The molecule has 2 nitrogen and oxygen atoms in total. The molecule has 3 heteroatoms. The summed E-state index contributed by atoms with van der Waals surface area (Å²) in [6, 6.07) is 7.25. The molecule has 1 fully saturated rings. The van der Waals surface area contributed by atoms with Gasteiger partial charge in [0.2, 0.25) is 0 Å². The monoisotopic (exact) mass is 236 g/mol. The Morgan fingerprint density at radius 2 is 2.06 bits per heavy atom. The molecule has 0 aromatic heterocycles. The number of nitrogens with zero attached hydrogens (tertiary/aromatic N) is 1. The highest BCUT2D eigenvalue weighted by molar-refractivity contribution is 5.45. The Kier molecular flexibility index (Phi) is 4.00. The number of halogens is 1. The van der Waals surface area contributed by atoms with Gasteiger partial charge in [0.15, 0.2) is 0 Å². The fraction of sp³-hybridized carbons (Fsp3) is 0.571. The van der Waals surface area contributed by atoms with Gasteiger partial charge in [-0.05, 0) is 49.6 Å². The van der Waals surface area contributed by atoms with E-state index in [2.05, 4.69) is 24.2 Å².